The summed E-state index contributed by atoms with van der Waals surface area (Å²) in [6, 6.07) is 27.3. The zero-order chi connectivity index (χ0) is 26.5. The van der Waals surface area contributed by atoms with Crippen molar-refractivity contribution in [3.63, 3.8) is 0 Å². The van der Waals surface area contributed by atoms with Crippen LogP contribution in [0.15, 0.2) is 89.4 Å². The normalized spacial score (nSPS) is 15.2. The molecule has 0 fully saturated rings. The predicted molar refractivity (Wildman–Crippen MR) is 154 cm³/mol. The van der Waals surface area contributed by atoms with Crippen LogP contribution in [0.1, 0.15) is 23.1 Å². The molecule has 1 aliphatic rings. The van der Waals surface area contributed by atoms with Crippen LogP contribution in [-0.2, 0) is 29.1 Å². The molecular formula is C31H30BrN3O3. The van der Waals surface area contributed by atoms with Gasteiger partial charge in [-0.25, -0.2) is 0 Å². The van der Waals surface area contributed by atoms with Crippen molar-refractivity contribution < 1.29 is 14.3 Å². The number of aryl methyl sites for hydroxylation is 1. The Labute approximate surface area is 231 Å². The van der Waals surface area contributed by atoms with E-state index in [0.29, 0.717) is 25.9 Å². The van der Waals surface area contributed by atoms with E-state index < -0.39 is 6.04 Å². The van der Waals surface area contributed by atoms with Crippen LogP contribution in [0.2, 0.25) is 0 Å². The van der Waals surface area contributed by atoms with Crippen LogP contribution in [0.4, 0.5) is 5.69 Å². The summed E-state index contributed by atoms with van der Waals surface area (Å²) < 4.78 is 6.71. The Morgan fingerprint density at radius 3 is 2.63 bits per heavy atom. The van der Waals surface area contributed by atoms with Gasteiger partial charge < -0.3 is 20.3 Å². The third-order valence-electron chi connectivity index (χ3n) is 6.93. The molecule has 194 valence electrons. The van der Waals surface area contributed by atoms with Gasteiger partial charge >= 0.3 is 0 Å². The number of methoxy groups -OCH3 is 1. The van der Waals surface area contributed by atoms with Crippen molar-refractivity contribution in [2.75, 3.05) is 18.6 Å². The average molecular weight is 573 g/mol. The van der Waals surface area contributed by atoms with Gasteiger partial charge in [-0.15, -0.1) is 0 Å². The summed E-state index contributed by atoms with van der Waals surface area (Å²) in [6.07, 6.45) is 1.23. The number of halogens is 1. The van der Waals surface area contributed by atoms with Gasteiger partial charge in [-0.3, -0.25) is 9.59 Å². The number of carbonyl (C=O) groups excluding carboxylic acids is 2. The molecular weight excluding hydrogens is 542 g/mol. The number of para-hydroxylation sites is 1. The first-order valence-electron chi connectivity index (χ1n) is 12.7. The summed E-state index contributed by atoms with van der Waals surface area (Å²) in [4.78, 5) is 28.6. The predicted octanol–water partition coefficient (Wildman–Crippen LogP) is 5.36. The van der Waals surface area contributed by atoms with E-state index >= 15 is 0 Å². The maximum atomic E-state index is 14.0. The molecule has 5 rings (SSSR count). The lowest BCUT2D eigenvalue weighted by molar-refractivity contribution is -0.127. The fourth-order valence-corrected chi connectivity index (χ4v) is 5.41. The van der Waals surface area contributed by atoms with Gasteiger partial charge in [-0.2, -0.15) is 0 Å². The Bertz CT molecular complexity index is 1460. The molecule has 38 heavy (non-hydrogen) atoms. The number of fused-ring (bicyclic) bond motifs is 2. The van der Waals surface area contributed by atoms with Crippen LogP contribution in [-0.4, -0.2) is 31.5 Å². The molecule has 0 saturated carbocycles. The first-order chi connectivity index (χ1) is 18.5. The number of hydrogen-bond donors (Lipinski definition) is 2. The van der Waals surface area contributed by atoms with Crippen LogP contribution in [0.3, 0.4) is 0 Å². The Morgan fingerprint density at radius 2 is 1.82 bits per heavy atom. The topological polar surface area (TPSA) is 70.7 Å². The number of hydrogen-bond acceptors (Lipinski definition) is 4. The van der Waals surface area contributed by atoms with Gasteiger partial charge in [0.05, 0.1) is 20.2 Å². The van der Waals surface area contributed by atoms with Crippen LogP contribution < -0.4 is 20.3 Å². The SMILES string of the molecule is COc1ccc2cc(Br)ccc2c1CN1C(=O)C(NC(=O)CNCc2ccccc2)CCc2ccccc21. The van der Waals surface area contributed by atoms with Gasteiger partial charge in [-0.05, 0) is 59.0 Å². The van der Waals surface area contributed by atoms with Crippen LogP contribution >= 0.6 is 15.9 Å². The number of anilines is 1. The highest BCUT2D eigenvalue weighted by Gasteiger charge is 2.32. The van der Waals surface area contributed by atoms with E-state index in [0.717, 1.165) is 43.4 Å². The van der Waals surface area contributed by atoms with Crippen molar-refractivity contribution in [1.29, 1.82) is 0 Å². The molecule has 6 nitrogen and oxygen atoms in total. The van der Waals surface area contributed by atoms with Gasteiger partial charge in [-0.1, -0.05) is 76.6 Å². The minimum absolute atomic E-state index is 0.123. The van der Waals surface area contributed by atoms with E-state index in [9.17, 15) is 9.59 Å². The van der Waals surface area contributed by atoms with Gasteiger partial charge in [0, 0.05) is 22.3 Å². The van der Waals surface area contributed by atoms with Crippen molar-refractivity contribution in [3.05, 3.63) is 106 Å². The number of benzene rings is 4. The smallest absolute Gasteiger partial charge is 0.249 e. The summed E-state index contributed by atoms with van der Waals surface area (Å²) in [5.41, 5.74) is 3.98. The summed E-state index contributed by atoms with van der Waals surface area (Å²) in [6.45, 7) is 1.05. The lowest BCUT2D eigenvalue weighted by Crippen LogP contribution is -2.49. The molecule has 1 aliphatic heterocycles. The molecule has 0 bridgehead atoms. The van der Waals surface area contributed by atoms with E-state index in [1.165, 1.54) is 0 Å². The van der Waals surface area contributed by atoms with E-state index in [4.69, 9.17) is 4.74 Å². The summed E-state index contributed by atoms with van der Waals surface area (Å²) >= 11 is 3.55. The standard InChI is InChI=1S/C31H30BrN3O3/c1-38-29-16-12-23-17-24(32)13-14-25(23)26(29)20-35-28-10-6-5-9-22(28)11-15-27(31(35)37)34-30(36)19-33-18-21-7-3-2-4-8-21/h2-10,12-14,16-17,27,33H,11,15,18-20H2,1H3,(H,34,36). The fourth-order valence-electron chi connectivity index (χ4n) is 5.03. The fraction of sp³-hybridized carbons (Fsp3) is 0.226. The van der Waals surface area contributed by atoms with E-state index in [-0.39, 0.29) is 18.4 Å². The van der Waals surface area contributed by atoms with Gasteiger partial charge in [0.25, 0.3) is 0 Å². The Balaban J connectivity index is 1.39. The number of carbonyl (C=O) groups is 2. The molecule has 1 unspecified atom stereocenters. The maximum Gasteiger partial charge on any atom is 0.249 e. The first-order valence-corrected chi connectivity index (χ1v) is 13.5. The second-order valence-electron chi connectivity index (χ2n) is 9.41. The van der Waals surface area contributed by atoms with E-state index in [1.54, 1.807) is 12.0 Å². The average Bonchev–Trinajstić information content (AvgIpc) is 3.06. The van der Waals surface area contributed by atoms with E-state index in [1.807, 2.05) is 72.8 Å². The highest BCUT2D eigenvalue weighted by atomic mass is 79.9. The molecule has 0 saturated heterocycles. The monoisotopic (exact) mass is 571 g/mol. The van der Waals surface area contributed by atoms with Crippen molar-refractivity contribution >= 4 is 44.2 Å². The maximum absolute atomic E-state index is 14.0. The summed E-state index contributed by atoms with van der Waals surface area (Å²) in [7, 11) is 1.65. The Morgan fingerprint density at radius 1 is 1.03 bits per heavy atom. The van der Waals surface area contributed by atoms with Crippen LogP contribution in [0.5, 0.6) is 5.75 Å². The van der Waals surface area contributed by atoms with E-state index in [2.05, 4.69) is 38.7 Å². The van der Waals surface area contributed by atoms with Crippen molar-refractivity contribution in [2.24, 2.45) is 0 Å². The minimum Gasteiger partial charge on any atom is -0.496 e. The van der Waals surface area contributed by atoms with Crippen molar-refractivity contribution in [1.82, 2.24) is 10.6 Å². The molecule has 2 N–H and O–H groups in total. The highest BCUT2D eigenvalue weighted by Crippen LogP contribution is 2.35. The second-order valence-corrected chi connectivity index (χ2v) is 10.3. The third-order valence-corrected chi connectivity index (χ3v) is 7.42. The third kappa shape index (κ3) is 5.74. The molecule has 0 radical (unpaired) electrons. The highest BCUT2D eigenvalue weighted by molar-refractivity contribution is 9.10. The quantitative estimate of drug-likeness (QED) is 0.298. The molecule has 0 aromatic heterocycles. The molecule has 2 amide bonds. The Kier molecular flexibility index (Phi) is 8.05. The molecule has 1 heterocycles. The summed E-state index contributed by atoms with van der Waals surface area (Å²) in [5, 5.41) is 8.24. The van der Waals surface area contributed by atoms with Gasteiger partial charge in [0.1, 0.15) is 11.8 Å². The largest absolute Gasteiger partial charge is 0.496 e. The minimum atomic E-state index is -0.622. The molecule has 0 spiro atoms. The molecule has 4 aromatic carbocycles. The number of rotatable bonds is 8. The zero-order valence-corrected chi connectivity index (χ0v) is 22.8. The van der Waals surface area contributed by atoms with Crippen molar-refractivity contribution in [2.45, 2.75) is 32.0 Å². The molecule has 0 aliphatic carbocycles. The van der Waals surface area contributed by atoms with Crippen LogP contribution in [0, 0.1) is 0 Å². The van der Waals surface area contributed by atoms with Crippen LogP contribution in [0.25, 0.3) is 10.8 Å². The Hall–Kier alpha value is -3.68. The molecule has 7 heteroatoms. The van der Waals surface area contributed by atoms with Gasteiger partial charge in [0.15, 0.2) is 0 Å². The molecule has 4 aromatic rings. The number of nitrogens with zero attached hydrogens (tertiary/aromatic N) is 1. The lowest BCUT2D eigenvalue weighted by Gasteiger charge is -2.27. The second kappa shape index (κ2) is 11.8. The lowest BCUT2D eigenvalue weighted by atomic mass is 10.0. The summed E-state index contributed by atoms with van der Waals surface area (Å²) in [5.74, 6) is 0.403. The zero-order valence-electron chi connectivity index (χ0n) is 21.2. The first kappa shape index (κ1) is 25.9. The number of amides is 2. The number of ether oxygens (including phenoxy) is 1. The number of nitrogens with one attached hydrogen (secondary N) is 2. The van der Waals surface area contributed by atoms with Crippen molar-refractivity contribution in [3.8, 4) is 5.75 Å². The molecule has 1 atom stereocenters. The van der Waals surface area contributed by atoms with Gasteiger partial charge in [0.2, 0.25) is 11.8 Å².